The van der Waals surface area contributed by atoms with E-state index in [-0.39, 0.29) is 0 Å². The summed E-state index contributed by atoms with van der Waals surface area (Å²) in [5, 5.41) is 0. The van der Waals surface area contributed by atoms with Gasteiger partial charge in [-0.2, -0.15) is 0 Å². The van der Waals surface area contributed by atoms with E-state index < -0.39 is 0 Å². The normalized spacial score (nSPS) is 10.6. The molecule has 1 aromatic heterocycles. The van der Waals surface area contributed by atoms with E-state index in [9.17, 15) is 0 Å². The summed E-state index contributed by atoms with van der Waals surface area (Å²) in [7, 11) is 0. The average Bonchev–Trinajstić information content (AvgIpc) is 3.10. The van der Waals surface area contributed by atoms with E-state index in [0.717, 1.165) is 33.9 Å². The van der Waals surface area contributed by atoms with Crippen LogP contribution in [0.1, 0.15) is 31.9 Å². The van der Waals surface area contributed by atoms with Crippen LogP contribution in [0.15, 0.2) is 77.2 Å². The van der Waals surface area contributed by atoms with Gasteiger partial charge in [-0.25, -0.2) is 4.98 Å². The van der Waals surface area contributed by atoms with Crippen molar-refractivity contribution in [3.63, 3.8) is 0 Å². The molecule has 28 heavy (non-hydrogen) atoms. The molecule has 0 aliphatic heterocycles. The Labute approximate surface area is 167 Å². The van der Waals surface area contributed by atoms with Crippen molar-refractivity contribution in [2.75, 3.05) is 0 Å². The Kier molecular flexibility index (Phi) is 6.49. The maximum atomic E-state index is 5.83. The molecule has 0 amide bonds. The van der Waals surface area contributed by atoms with Crippen molar-refractivity contribution < 1.29 is 9.15 Å². The second kappa shape index (κ2) is 9.23. The van der Waals surface area contributed by atoms with Gasteiger partial charge in [0.25, 0.3) is 0 Å². The number of fused-ring (bicyclic) bond motifs is 1. The van der Waals surface area contributed by atoms with Crippen LogP contribution in [0.3, 0.4) is 0 Å². The molecule has 0 fully saturated rings. The zero-order valence-electron chi connectivity index (χ0n) is 17.0. The quantitative estimate of drug-likeness (QED) is 0.384. The fraction of sp³-hybridized carbons (Fsp3) is 0.240. The van der Waals surface area contributed by atoms with E-state index in [1.54, 1.807) is 0 Å². The first-order chi connectivity index (χ1) is 13.5. The molecule has 3 aromatic carbocycles. The summed E-state index contributed by atoms with van der Waals surface area (Å²) in [6.07, 6.45) is 0. The van der Waals surface area contributed by atoms with E-state index in [1.165, 1.54) is 5.56 Å². The zero-order chi connectivity index (χ0) is 19.9. The van der Waals surface area contributed by atoms with Crippen LogP contribution in [-0.2, 0) is 6.61 Å². The van der Waals surface area contributed by atoms with Crippen LogP contribution >= 0.6 is 0 Å². The lowest BCUT2D eigenvalue weighted by Crippen LogP contribution is -1.94. The van der Waals surface area contributed by atoms with Gasteiger partial charge in [0, 0.05) is 5.56 Å². The fourth-order valence-electron chi connectivity index (χ4n) is 2.60. The van der Waals surface area contributed by atoms with Crippen molar-refractivity contribution in [1.29, 1.82) is 0 Å². The molecule has 0 bridgehead atoms. The molecule has 4 aromatic rings. The lowest BCUT2D eigenvalue weighted by molar-refractivity contribution is 0.306. The highest BCUT2D eigenvalue weighted by molar-refractivity contribution is 5.76. The zero-order valence-corrected chi connectivity index (χ0v) is 17.0. The smallest absolute Gasteiger partial charge is 0.227 e. The lowest BCUT2D eigenvalue weighted by atomic mass is 10.2. The predicted octanol–water partition coefficient (Wildman–Crippen LogP) is 7.04. The highest BCUT2D eigenvalue weighted by Gasteiger charge is 2.08. The van der Waals surface area contributed by atoms with Crippen LogP contribution in [0, 0.1) is 12.8 Å². The Morgan fingerprint density at radius 3 is 2.25 bits per heavy atom. The molecule has 0 spiro atoms. The highest BCUT2D eigenvalue weighted by atomic mass is 16.5. The van der Waals surface area contributed by atoms with Crippen LogP contribution in [0.2, 0.25) is 0 Å². The number of hydrogen-bond acceptors (Lipinski definition) is 3. The molecule has 0 aliphatic carbocycles. The van der Waals surface area contributed by atoms with Gasteiger partial charge in [0.1, 0.15) is 17.9 Å². The van der Waals surface area contributed by atoms with Gasteiger partial charge in [-0.1, -0.05) is 57.2 Å². The van der Waals surface area contributed by atoms with Crippen molar-refractivity contribution in [2.45, 2.75) is 34.3 Å². The fourth-order valence-corrected chi connectivity index (χ4v) is 2.60. The number of rotatable bonds is 4. The van der Waals surface area contributed by atoms with Crippen LogP contribution in [0.5, 0.6) is 5.75 Å². The Bertz CT molecular complexity index is 999. The summed E-state index contributed by atoms with van der Waals surface area (Å²) < 4.78 is 11.6. The molecule has 144 valence electrons. The van der Waals surface area contributed by atoms with Gasteiger partial charge in [0.05, 0.1) is 0 Å². The van der Waals surface area contributed by atoms with E-state index in [1.807, 2.05) is 67.6 Å². The maximum absolute atomic E-state index is 5.83. The summed E-state index contributed by atoms with van der Waals surface area (Å²) in [4.78, 5) is 4.56. The number of aryl methyl sites for hydroxylation is 1. The van der Waals surface area contributed by atoms with E-state index in [0.29, 0.717) is 12.5 Å². The first-order valence-electron chi connectivity index (χ1n) is 9.65. The molecule has 0 atom stereocenters. The van der Waals surface area contributed by atoms with Crippen molar-refractivity contribution in [3.05, 3.63) is 83.9 Å². The Morgan fingerprint density at radius 2 is 1.57 bits per heavy atom. The second-order valence-electron chi connectivity index (χ2n) is 7.52. The van der Waals surface area contributed by atoms with E-state index >= 15 is 0 Å². The molecule has 1 heterocycles. The van der Waals surface area contributed by atoms with Gasteiger partial charge in [-0.3, -0.25) is 0 Å². The van der Waals surface area contributed by atoms with Crippen LogP contribution in [-0.4, -0.2) is 4.98 Å². The molecular weight excluding hydrogens is 346 g/mol. The molecular formula is C25H27NO2. The highest BCUT2D eigenvalue weighted by Crippen LogP contribution is 2.26. The molecule has 0 aliphatic rings. The maximum Gasteiger partial charge on any atom is 0.227 e. The number of hydrogen-bond donors (Lipinski definition) is 0. The number of aromatic nitrogens is 1. The Hall–Kier alpha value is -3.07. The monoisotopic (exact) mass is 373 g/mol. The third-order valence-corrected chi connectivity index (χ3v) is 3.89. The molecule has 3 nitrogen and oxygen atoms in total. The molecule has 4 rings (SSSR count). The molecule has 0 N–H and O–H groups in total. The van der Waals surface area contributed by atoms with Crippen LogP contribution in [0.4, 0.5) is 0 Å². The minimum Gasteiger partial charge on any atom is -0.489 e. The SMILES string of the molecule is CC(C)C.Cc1ccc2oc(-c3ccc(OCc4ccccc4)cc3)nc2c1. The van der Waals surface area contributed by atoms with Gasteiger partial charge in [0.15, 0.2) is 5.58 Å². The molecule has 0 unspecified atom stereocenters. The van der Waals surface area contributed by atoms with Gasteiger partial charge < -0.3 is 9.15 Å². The second-order valence-corrected chi connectivity index (χ2v) is 7.52. The van der Waals surface area contributed by atoms with Gasteiger partial charge >= 0.3 is 0 Å². The predicted molar refractivity (Wildman–Crippen MR) is 115 cm³/mol. The van der Waals surface area contributed by atoms with Crippen molar-refractivity contribution >= 4 is 11.1 Å². The average molecular weight is 373 g/mol. The minimum atomic E-state index is 0.558. The van der Waals surface area contributed by atoms with Gasteiger partial charge in [-0.05, 0) is 60.4 Å². The lowest BCUT2D eigenvalue weighted by Gasteiger charge is -2.06. The first kappa shape index (κ1) is 19.7. The summed E-state index contributed by atoms with van der Waals surface area (Å²) >= 11 is 0. The summed E-state index contributed by atoms with van der Waals surface area (Å²) in [6, 6.07) is 24.0. The van der Waals surface area contributed by atoms with Crippen molar-refractivity contribution in [3.8, 4) is 17.2 Å². The van der Waals surface area contributed by atoms with Crippen molar-refractivity contribution in [1.82, 2.24) is 4.98 Å². The molecule has 3 heteroatoms. The van der Waals surface area contributed by atoms with E-state index in [4.69, 9.17) is 9.15 Å². The topological polar surface area (TPSA) is 35.3 Å². The van der Waals surface area contributed by atoms with Crippen molar-refractivity contribution in [2.24, 2.45) is 5.92 Å². The third-order valence-electron chi connectivity index (χ3n) is 3.89. The third kappa shape index (κ3) is 5.46. The van der Waals surface area contributed by atoms with Gasteiger partial charge in [0.2, 0.25) is 5.89 Å². The standard InChI is InChI=1S/C21H17NO2.C4H10/c1-15-7-12-20-19(13-15)22-21(24-20)17-8-10-18(11-9-17)23-14-16-5-3-2-4-6-16;1-4(2)3/h2-13H,14H2,1H3;4H,1-3H3. The van der Waals surface area contributed by atoms with E-state index in [2.05, 4.69) is 37.9 Å². The van der Waals surface area contributed by atoms with Gasteiger partial charge in [-0.15, -0.1) is 0 Å². The summed E-state index contributed by atoms with van der Waals surface area (Å²) in [5.74, 6) is 2.29. The summed E-state index contributed by atoms with van der Waals surface area (Å²) in [6.45, 7) is 9.11. The van der Waals surface area contributed by atoms with Crippen LogP contribution in [0.25, 0.3) is 22.6 Å². The number of benzene rings is 3. The minimum absolute atomic E-state index is 0.558. The number of nitrogens with zero attached hydrogens (tertiary/aromatic N) is 1. The number of oxazole rings is 1. The largest absolute Gasteiger partial charge is 0.489 e. The first-order valence-corrected chi connectivity index (χ1v) is 9.65. The molecule has 0 saturated heterocycles. The van der Waals surface area contributed by atoms with Crippen LogP contribution < -0.4 is 4.74 Å². The molecule has 0 saturated carbocycles. The number of ether oxygens (including phenoxy) is 1. The summed E-state index contributed by atoms with van der Waals surface area (Å²) in [5.41, 5.74) is 4.95. The Balaban J connectivity index is 0.000000516. The molecule has 0 radical (unpaired) electrons. The Morgan fingerprint density at radius 1 is 0.893 bits per heavy atom.